The van der Waals surface area contributed by atoms with Crippen molar-refractivity contribution in [1.29, 1.82) is 0 Å². The monoisotopic (exact) mass is 237 g/mol. The van der Waals surface area contributed by atoms with Crippen molar-refractivity contribution in [2.24, 2.45) is 0 Å². The summed E-state index contributed by atoms with van der Waals surface area (Å²) in [6.07, 6.45) is 1.31. The average Bonchev–Trinajstić information content (AvgIpc) is 2.15. The molecule has 0 bridgehead atoms. The van der Waals surface area contributed by atoms with Crippen LogP contribution in [0.5, 0.6) is 0 Å². The van der Waals surface area contributed by atoms with Gasteiger partial charge in [0.2, 0.25) is 0 Å². The molecule has 0 amide bonds. The van der Waals surface area contributed by atoms with Crippen LogP contribution in [0.4, 0.5) is 0 Å². The zero-order valence-electron chi connectivity index (χ0n) is 9.86. The molecule has 15 heavy (non-hydrogen) atoms. The largest absolute Gasteiger partial charge is 0.392 e. The Kier molecular flexibility index (Phi) is 7.13. The first-order valence-corrected chi connectivity index (χ1v) is 7.35. The number of hydrogen-bond acceptors (Lipinski definition) is 4. The molecular formula is C10H23NO3S. The number of rotatable bonds is 8. The lowest BCUT2D eigenvalue weighted by Gasteiger charge is -2.16. The van der Waals surface area contributed by atoms with Crippen LogP contribution in [-0.2, 0) is 9.84 Å². The highest BCUT2D eigenvalue weighted by atomic mass is 32.2. The van der Waals surface area contributed by atoms with Gasteiger partial charge in [-0.05, 0) is 13.3 Å². The van der Waals surface area contributed by atoms with Crippen LogP contribution in [0.1, 0.15) is 33.6 Å². The molecule has 0 rings (SSSR count). The smallest absolute Gasteiger partial charge is 0.151 e. The average molecular weight is 237 g/mol. The fourth-order valence-electron chi connectivity index (χ4n) is 1.33. The summed E-state index contributed by atoms with van der Waals surface area (Å²) in [5, 5.41) is 12.5. The minimum atomic E-state index is -2.92. The number of hydrogen-bond donors (Lipinski definition) is 2. The molecule has 2 atom stereocenters. The highest BCUT2D eigenvalue weighted by molar-refractivity contribution is 7.91. The van der Waals surface area contributed by atoms with Crippen molar-refractivity contribution in [2.45, 2.75) is 45.8 Å². The van der Waals surface area contributed by atoms with Crippen LogP contribution in [0.25, 0.3) is 0 Å². The lowest BCUT2D eigenvalue weighted by Crippen LogP contribution is -2.38. The van der Waals surface area contributed by atoms with Gasteiger partial charge in [0.1, 0.15) is 0 Å². The maximum Gasteiger partial charge on any atom is 0.151 e. The van der Waals surface area contributed by atoms with Crippen molar-refractivity contribution in [1.82, 2.24) is 5.32 Å². The quantitative estimate of drug-likeness (QED) is 0.647. The van der Waals surface area contributed by atoms with Crippen molar-refractivity contribution in [3.05, 3.63) is 0 Å². The van der Waals surface area contributed by atoms with Crippen LogP contribution in [-0.4, -0.2) is 43.7 Å². The van der Waals surface area contributed by atoms with Gasteiger partial charge in [-0.3, -0.25) is 0 Å². The summed E-state index contributed by atoms with van der Waals surface area (Å²) >= 11 is 0. The maximum atomic E-state index is 11.3. The summed E-state index contributed by atoms with van der Waals surface area (Å²) in [4.78, 5) is 0. The van der Waals surface area contributed by atoms with Crippen LogP contribution in [0, 0.1) is 0 Å². The lowest BCUT2D eigenvalue weighted by atomic mass is 10.2. The van der Waals surface area contributed by atoms with Gasteiger partial charge >= 0.3 is 0 Å². The Labute approximate surface area is 93.0 Å². The molecule has 0 saturated carbocycles. The van der Waals surface area contributed by atoms with Gasteiger partial charge in [0.15, 0.2) is 9.84 Å². The summed E-state index contributed by atoms with van der Waals surface area (Å²) in [7, 11) is -2.92. The van der Waals surface area contributed by atoms with E-state index in [0.29, 0.717) is 6.54 Å². The van der Waals surface area contributed by atoms with E-state index in [0.717, 1.165) is 12.8 Å². The minimum Gasteiger partial charge on any atom is -0.392 e. The van der Waals surface area contributed by atoms with E-state index in [2.05, 4.69) is 5.32 Å². The third-order valence-electron chi connectivity index (χ3n) is 2.27. The number of sulfone groups is 1. The van der Waals surface area contributed by atoms with Gasteiger partial charge in [-0.25, -0.2) is 8.42 Å². The first kappa shape index (κ1) is 14.9. The Morgan fingerprint density at radius 1 is 1.33 bits per heavy atom. The molecule has 0 radical (unpaired) electrons. The van der Waals surface area contributed by atoms with Crippen molar-refractivity contribution < 1.29 is 13.5 Å². The molecule has 0 aromatic heterocycles. The Morgan fingerprint density at radius 2 is 1.93 bits per heavy atom. The number of aliphatic hydroxyl groups excluding tert-OH is 1. The predicted octanol–water partition coefficient (Wildman–Crippen LogP) is 0.560. The Morgan fingerprint density at radius 3 is 2.40 bits per heavy atom. The zero-order chi connectivity index (χ0) is 11.9. The second kappa shape index (κ2) is 7.19. The lowest BCUT2D eigenvalue weighted by molar-refractivity contribution is 0.158. The fourth-order valence-corrected chi connectivity index (χ4v) is 2.45. The van der Waals surface area contributed by atoms with Crippen LogP contribution in [0.15, 0.2) is 0 Å². The first-order valence-electron chi connectivity index (χ1n) is 5.53. The first-order chi connectivity index (χ1) is 6.91. The number of nitrogens with one attached hydrogen (secondary N) is 1. The van der Waals surface area contributed by atoms with Gasteiger partial charge in [0.25, 0.3) is 0 Å². The molecule has 0 spiro atoms. The highest BCUT2D eigenvalue weighted by Gasteiger charge is 2.14. The van der Waals surface area contributed by atoms with E-state index < -0.39 is 9.84 Å². The van der Waals surface area contributed by atoms with Crippen LogP contribution in [0.3, 0.4) is 0 Å². The van der Waals surface area contributed by atoms with E-state index in [9.17, 15) is 13.5 Å². The molecule has 0 aliphatic carbocycles. The van der Waals surface area contributed by atoms with E-state index in [1.54, 1.807) is 6.92 Å². The van der Waals surface area contributed by atoms with Gasteiger partial charge in [-0.2, -0.15) is 0 Å². The molecule has 0 fully saturated rings. The van der Waals surface area contributed by atoms with E-state index in [-0.39, 0.29) is 23.7 Å². The fraction of sp³-hybridized carbons (Fsp3) is 1.00. The summed E-state index contributed by atoms with van der Waals surface area (Å²) in [6.45, 7) is 5.95. The zero-order valence-corrected chi connectivity index (χ0v) is 10.7. The SMILES string of the molecule is CCCC(O)CNC(C)CS(=O)(=O)CC. The van der Waals surface area contributed by atoms with Crippen molar-refractivity contribution >= 4 is 9.84 Å². The van der Waals surface area contributed by atoms with E-state index in [1.807, 2.05) is 13.8 Å². The molecule has 2 N–H and O–H groups in total. The topological polar surface area (TPSA) is 66.4 Å². The summed E-state index contributed by atoms with van der Waals surface area (Å²) in [5.74, 6) is 0.318. The van der Waals surface area contributed by atoms with Crippen molar-refractivity contribution in [3.8, 4) is 0 Å². The van der Waals surface area contributed by atoms with Crippen LogP contribution >= 0.6 is 0 Å². The highest BCUT2D eigenvalue weighted by Crippen LogP contribution is 1.97. The van der Waals surface area contributed by atoms with Gasteiger partial charge in [0, 0.05) is 18.3 Å². The van der Waals surface area contributed by atoms with E-state index in [1.165, 1.54) is 0 Å². The third kappa shape index (κ3) is 7.76. The third-order valence-corrected chi connectivity index (χ3v) is 4.16. The molecule has 4 nitrogen and oxygen atoms in total. The molecule has 0 aliphatic heterocycles. The molecule has 2 unspecified atom stereocenters. The number of aliphatic hydroxyl groups is 1. The molecular weight excluding hydrogens is 214 g/mol. The van der Waals surface area contributed by atoms with Gasteiger partial charge in [-0.15, -0.1) is 0 Å². The predicted molar refractivity (Wildman–Crippen MR) is 62.7 cm³/mol. The van der Waals surface area contributed by atoms with Gasteiger partial charge < -0.3 is 10.4 Å². The van der Waals surface area contributed by atoms with E-state index >= 15 is 0 Å². The van der Waals surface area contributed by atoms with Gasteiger partial charge in [-0.1, -0.05) is 20.3 Å². The molecule has 0 aliphatic rings. The minimum absolute atomic E-state index is 0.0959. The maximum absolute atomic E-state index is 11.3. The Bertz CT molecular complexity index is 251. The van der Waals surface area contributed by atoms with Crippen molar-refractivity contribution in [2.75, 3.05) is 18.1 Å². The molecule has 0 aromatic carbocycles. The summed E-state index contributed by atoms with van der Waals surface area (Å²) in [5.41, 5.74) is 0. The molecule has 92 valence electrons. The standard InChI is InChI=1S/C10H23NO3S/c1-4-6-10(12)7-11-9(3)8-15(13,14)5-2/h9-12H,4-8H2,1-3H3. The summed E-state index contributed by atoms with van der Waals surface area (Å²) in [6, 6.07) is -0.0959. The van der Waals surface area contributed by atoms with Crippen molar-refractivity contribution in [3.63, 3.8) is 0 Å². The normalized spacial score (nSPS) is 16.3. The molecule has 0 saturated heterocycles. The van der Waals surface area contributed by atoms with E-state index in [4.69, 9.17) is 0 Å². The second-order valence-corrected chi connectivity index (χ2v) is 6.35. The Balaban J connectivity index is 3.80. The van der Waals surface area contributed by atoms with Crippen LogP contribution < -0.4 is 5.32 Å². The Hall–Kier alpha value is -0.130. The van der Waals surface area contributed by atoms with Crippen LogP contribution in [0.2, 0.25) is 0 Å². The second-order valence-electron chi connectivity index (χ2n) is 3.95. The van der Waals surface area contributed by atoms with Gasteiger partial charge in [0.05, 0.1) is 11.9 Å². The molecule has 0 aromatic rings. The molecule has 5 heteroatoms. The molecule has 0 heterocycles. The summed E-state index contributed by atoms with van der Waals surface area (Å²) < 4.78 is 22.6.